The maximum atomic E-state index is 12.4. The Balaban J connectivity index is 0.00000171. The third kappa shape index (κ3) is 4.22. The van der Waals surface area contributed by atoms with Crippen molar-refractivity contribution in [3.8, 4) is 0 Å². The van der Waals surface area contributed by atoms with E-state index in [-0.39, 0.29) is 37.4 Å². The molecule has 1 fully saturated rings. The number of halogens is 1. The molecule has 0 radical (unpaired) electrons. The molecule has 0 spiro atoms. The van der Waals surface area contributed by atoms with Crippen LogP contribution in [0.1, 0.15) is 38.8 Å². The van der Waals surface area contributed by atoms with Gasteiger partial charge in [-0.1, -0.05) is 20.4 Å². The van der Waals surface area contributed by atoms with Gasteiger partial charge in [-0.2, -0.15) is 0 Å². The minimum absolute atomic E-state index is 0. The van der Waals surface area contributed by atoms with E-state index < -0.39 is 17.6 Å². The van der Waals surface area contributed by atoms with Crippen LogP contribution in [0.15, 0.2) is 41.6 Å². The average Bonchev–Trinajstić information content (AvgIpc) is 3.32. The van der Waals surface area contributed by atoms with Crippen molar-refractivity contribution >= 4 is 46.1 Å². The third-order valence-electron chi connectivity index (χ3n) is 7.17. The van der Waals surface area contributed by atoms with Gasteiger partial charge >= 0.3 is 0 Å². The van der Waals surface area contributed by atoms with Crippen molar-refractivity contribution < 1.29 is 10.2 Å². The largest absolute Gasteiger partial charge is 0.390 e. The lowest BCUT2D eigenvalue weighted by Gasteiger charge is -2.28. The van der Waals surface area contributed by atoms with E-state index in [4.69, 9.17) is 11.5 Å². The molecule has 1 aromatic carbocycles. The van der Waals surface area contributed by atoms with Crippen molar-refractivity contribution in [1.29, 1.82) is 0 Å². The first kappa shape index (κ1) is 26.4. The van der Waals surface area contributed by atoms with Gasteiger partial charge in [-0.15, -0.1) is 12.4 Å². The molecule has 11 heteroatoms. The van der Waals surface area contributed by atoms with E-state index in [1.165, 1.54) is 10.9 Å². The molecule has 4 atom stereocenters. The lowest BCUT2D eigenvalue weighted by molar-refractivity contribution is -0.0241. The van der Waals surface area contributed by atoms with E-state index in [2.05, 4.69) is 15.0 Å². The number of fused-ring (bicyclic) bond motifs is 2. The molecule has 1 aliphatic carbocycles. The fraction of sp³-hybridized carbons (Fsp3) is 0.417. The fourth-order valence-electron chi connectivity index (χ4n) is 5.03. The molecule has 35 heavy (non-hydrogen) atoms. The van der Waals surface area contributed by atoms with E-state index in [0.29, 0.717) is 41.6 Å². The van der Waals surface area contributed by atoms with Gasteiger partial charge in [-0.25, -0.2) is 15.0 Å². The van der Waals surface area contributed by atoms with Gasteiger partial charge in [0.2, 0.25) is 5.95 Å². The van der Waals surface area contributed by atoms with Gasteiger partial charge in [0.1, 0.15) is 23.9 Å². The minimum atomic E-state index is -0.942. The number of nitrogens with zero attached hydrogens (tertiary/aromatic N) is 5. The molecule has 0 amide bonds. The molecule has 10 nitrogen and oxygen atoms in total. The number of hydrogen-bond donors (Lipinski definition) is 4. The number of anilines is 2. The van der Waals surface area contributed by atoms with Crippen molar-refractivity contribution in [3.05, 3.63) is 52.7 Å². The number of rotatable bonds is 4. The van der Waals surface area contributed by atoms with E-state index in [9.17, 15) is 15.0 Å². The molecule has 188 valence electrons. The van der Waals surface area contributed by atoms with Crippen LogP contribution >= 0.6 is 12.4 Å². The second kappa shape index (κ2) is 9.44. The lowest BCUT2D eigenvalue weighted by atomic mass is 9.80. The van der Waals surface area contributed by atoms with Crippen molar-refractivity contribution in [3.63, 3.8) is 0 Å². The zero-order chi connectivity index (χ0) is 23.5. The third-order valence-corrected chi connectivity index (χ3v) is 7.17. The van der Waals surface area contributed by atoms with E-state index in [1.807, 2.05) is 35.9 Å². The SMILES string of the molecule is C.Cl.Cn1c(N)nc2cc(CC[C@@]3(C)C[C@@H](n4ccc5c(N)ncnc54)[C@H](O)[C@@H]3O)ccc2c1=O. The summed E-state index contributed by atoms with van der Waals surface area (Å²) in [5.41, 5.74) is 13.3. The molecule has 6 N–H and O–H groups in total. The lowest BCUT2D eigenvalue weighted by Crippen LogP contribution is -2.35. The highest BCUT2D eigenvalue weighted by molar-refractivity contribution is 5.86. The molecule has 1 saturated carbocycles. The summed E-state index contributed by atoms with van der Waals surface area (Å²) in [6.07, 6.45) is 3.26. The predicted molar refractivity (Wildman–Crippen MR) is 139 cm³/mol. The standard InChI is InChI=1S/C23H27N7O3.CH4.ClH/c1-23(7-5-12-3-4-13-15(9-12)28-22(25)29(2)21(13)33)10-16(17(31)18(23)32)30-8-6-14-19(24)26-11-27-20(14)30;;/h3-4,6,8-9,11,16-18,31-32H,5,7,10H2,1-2H3,(H2,25,28)(H2,24,26,27);1H4;1H/t16-,17+,18+,23+;;/m1../s1. The second-order valence-corrected chi connectivity index (χ2v) is 9.27. The Bertz CT molecular complexity index is 1440. The molecule has 0 saturated heterocycles. The number of aryl methyl sites for hydroxylation is 1. The zero-order valence-corrected chi connectivity index (χ0v) is 19.7. The molecule has 5 rings (SSSR count). The number of nitrogens with two attached hydrogens (primary N) is 2. The number of aliphatic hydroxyl groups is 2. The summed E-state index contributed by atoms with van der Waals surface area (Å²) < 4.78 is 3.20. The first-order valence-electron chi connectivity index (χ1n) is 10.9. The topological polar surface area (TPSA) is 158 Å². The Morgan fingerprint density at radius 1 is 1.17 bits per heavy atom. The minimum Gasteiger partial charge on any atom is -0.390 e. The summed E-state index contributed by atoms with van der Waals surface area (Å²) in [5, 5.41) is 23.1. The van der Waals surface area contributed by atoms with Crippen LogP contribution in [-0.4, -0.2) is 46.5 Å². The molecule has 0 bridgehead atoms. The summed E-state index contributed by atoms with van der Waals surface area (Å²) in [6, 6.07) is 7.03. The van der Waals surface area contributed by atoms with Crippen LogP contribution < -0.4 is 17.0 Å². The van der Waals surface area contributed by atoms with Crippen LogP contribution in [0.3, 0.4) is 0 Å². The molecular formula is C24H32ClN7O3. The molecular weight excluding hydrogens is 470 g/mol. The predicted octanol–water partition coefficient (Wildman–Crippen LogP) is 2.21. The molecule has 3 heterocycles. The molecule has 1 aliphatic rings. The quantitative estimate of drug-likeness (QED) is 0.331. The van der Waals surface area contributed by atoms with Crippen molar-refractivity contribution in [2.24, 2.45) is 12.5 Å². The van der Waals surface area contributed by atoms with Gasteiger partial charge in [0.25, 0.3) is 5.56 Å². The van der Waals surface area contributed by atoms with Gasteiger partial charge < -0.3 is 26.2 Å². The molecule has 3 aromatic heterocycles. The molecule has 0 aliphatic heterocycles. The maximum absolute atomic E-state index is 12.4. The van der Waals surface area contributed by atoms with Crippen LogP contribution in [0.25, 0.3) is 21.9 Å². The highest BCUT2D eigenvalue weighted by Gasteiger charge is 2.50. The summed E-state index contributed by atoms with van der Waals surface area (Å²) in [4.78, 5) is 25.1. The summed E-state index contributed by atoms with van der Waals surface area (Å²) in [7, 11) is 1.59. The van der Waals surface area contributed by atoms with Gasteiger partial charge in [-0.05, 0) is 48.4 Å². The van der Waals surface area contributed by atoms with Crippen LogP contribution in [-0.2, 0) is 13.5 Å². The first-order valence-corrected chi connectivity index (χ1v) is 10.9. The van der Waals surface area contributed by atoms with E-state index >= 15 is 0 Å². The monoisotopic (exact) mass is 501 g/mol. The Morgan fingerprint density at radius 2 is 1.91 bits per heavy atom. The summed E-state index contributed by atoms with van der Waals surface area (Å²) in [6.45, 7) is 1.99. The number of hydrogen-bond acceptors (Lipinski definition) is 8. The van der Waals surface area contributed by atoms with Crippen LogP contribution in [0, 0.1) is 5.41 Å². The van der Waals surface area contributed by atoms with E-state index in [1.54, 1.807) is 13.1 Å². The van der Waals surface area contributed by atoms with Crippen LogP contribution in [0.5, 0.6) is 0 Å². The van der Waals surface area contributed by atoms with Crippen molar-refractivity contribution in [2.45, 2.75) is 51.9 Å². The Kier molecular flexibility index (Phi) is 7.12. The average molecular weight is 502 g/mol. The second-order valence-electron chi connectivity index (χ2n) is 9.27. The fourth-order valence-corrected chi connectivity index (χ4v) is 5.03. The van der Waals surface area contributed by atoms with Crippen LogP contribution in [0.2, 0.25) is 0 Å². The highest BCUT2D eigenvalue weighted by Crippen LogP contribution is 2.48. The zero-order valence-electron chi connectivity index (χ0n) is 18.9. The maximum Gasteiger partial charge on any atom is 0.262 e. The molecule has 0 unspecified atom stereocenters. The normalized spacial score (nSPS) is 23.8. The van der Waals surface area contributed by atoms with Crippen molar-refractivity contribution in [2.75, 3.05) is 11.5 Å². The summed E-state index contributed by atoms with van der Waals surface area (Å²) >= 11 is 0. The summed E-state index contributed by atoms with van der Waals surface area (Å²) in [5.74, 6) is 0.548. The Morgan fingerprint density at radius 3 is 2.66 bits per heavy atom. The van der Waals surface area contributed by atoms with E-state index in [0.717, 1.165) is 10.9 Å². The number of aliphatic hydroxyl groups excluding tert-OH is 2. The van der Waals surface area contributed by atoms with Gasteiger partial charge in [0.15, 0.2) is 0 Å². The van der Waals surface area contributed by atoms with Gasteiger partial charge in [0, 0.05) is 13.2 Å². The Labute approximate surface area is 209 Å². The van der Waals surface area contributed by atoms with Gasteiger partial charge in [0.05, 0.1) is 28.4 Å². The van der Waals surface area contributed by atoms with Crippen molar-refractivity contribution in [1.82, 2.24) is 24.1 Å². The first-order chi connectivity index (χ1) is 15.7. The number of aromatic nitrogens is 5. The molecule has 4 aromatic rings. The Hall–Kier alpha value is -3.21. The highest BCUT2D eigenvalue weighted by atomic mass is 35.5. The number of benzene rings is 1. The van der Waals surface area contributed by atoms with Crippen LogP contribution in [0.4, 0.5) is 11.8 Å². The van der Waals surface area contributed by atoms with Gasteiger partial charge in [-0.3, -0.25) is 9.36 Å². The smallest absolute Gasteiger partial charge is 0.262 e. The number of nitrogen functional groups attached to an aromatic ring is 2.